The number of benzene rings is 2. The molecule has 0 aliphatic rings. The van der Waals surface area contributed by atoms with Gasteiger partial charge in [0, 0.05) is 34.5 Å². The molecule has 1 atom stereocenters. The van der Waals surface area contributed by atoms with Crippen molar-refractivity contribution < 1.29 is 5.11 Å². The number of fused-ring (bicyclic) bond motifs is 1. The van der Waals surface area contributed by atoms with Gasteiger partial charge < -0.3 is 10.1 Å². The maximum atomic E-state index is 11.0. The molecule has 0 spiro atoms. The van der Waals surface area contributed by atoms with Gasteiger partial charge in [-0.25, -0.2) is 15.0 Å². The second kappa shape index (κ2) is 9.32. The van der Waals surface area contributed by atoms with E-state index in [1.165, 1.54) is 0 Å². The predicted octanol–water partition coefficient (Wildman–Crippen LogP) is 5.34. The highest BCUT2D eigenvalue weighted by Gasteiger charge is 2.18. The Balaban J connectivity index is 1.55. The van der Waals surface area contributed by atoms with E-state index >= 15 is 0 Å². The SMILES string of the molecule is OC(c1cncc(N=C(c2ccccc2)c2ccccc2)c1)c1nc(CCl)c2cc[nH]c2n1. The van der Waals surface area contributed by atoms with Gasteiger partial charge in [0.2, 0.25) is 0 Å². The van der Waals surface area contributed by atoms with Crippen LogP contribution in [0.3, 0.4) is 0 Å². The fourth-order valence-corrected chi connectivity index (χ4v) is 3.87. The van der Waals surface area contributed by atoms with Gasteiger partial charge in [-0.2, -0.15) is 0 Å². The number of nitrogens with zero attached hydrogens (tertiary/aromatic N) is 4. The van der Waals surface area contributed by atoms with Crippen LogP contribution in [-0.4, -0.2) is 30.8 Å². The number of hydrogen-bond donors (Lipinski definition) is 2. The van der Waals surface area contributed by atoms with E-state index in [0.717, 1.165) is 22.2 Å². The molecule has 3 aromatic heterocycles. The van der Waals surface area contributed by atoms with Gasteiger partial charge in [0.05, 0.1) is 29.2 Å². The van der Waals surface area contributed by atoms with Crippen LogP contribution in [0.1, 0.15) is 34.3 Å². The van der Waals surface area contributed by atoms with Crippen LogP contribution in [0.5, 0.6) is 0 Å². The molecule has 162 valence electrons. The molecule has 3 heterocycles. The predicted molar refractivity (Wildman–Crippen MR) is 130 cm³/mol. The minimum atomic E-state index is -1.07. The van der Waals surface area contributed by atoms with E-state index in [4.69, 9.17) is 16.6 Å². The quantitative estimate of drug-likeness (QED) is 0.268. The standard InChI is InChI=1S/C26H20ClN5O/c27-14-22-21-11-12-29-25(21)32-26(31-22)24(33)19-13-20(16-28-15-19)30-23(17-7-3-1-4-8-17)18-9-5-2-6-10-18/h1-13,15-16,24,33H,14H2,(H,29,31,32). The van der Waals surface area contributed by atoms with Crippen molar-refractivity contribution in [3.8, 4) is 0 Å². The second-order valence-corrected chi connectivity index (χ2v) is 7.74. The smallest absolute Gasteiger partial charge is 0.164 e. The Labute approximate surface area is 195 Å². The Bertz CT molecular complexity index is 1380. The summed E-state index contributed by atoms with van der Waals surface area (Å²) in [5, 5.41) is 11.9. The lowest BCUT2D eigenvalue weighted by Gasteiger charge is -2.12. The Morgan fingerprint density at radius 3 is 2.30 bits per heavy atom. The summed E-state index contributed by atoms with van der Waals surface area (Å²) in [7, 11) is 0. The molecule has 2 N–H and O–H groups in total. The van der Waals surface area contributed by atoms with Crippen molar-refractivity contribution in [2.75, 3.05) is 0 Å². The molecule has 0 amide bonds. The average Bonchev–Trinajstić information content (AvgIpc) is 3.36. The minimum Gasteiger partial charge on any atom is -0.380 e. The Morgan fingerprint density at radius 2 is 1.64 bits per heavy atom. The van der Waals surface area contributed by atoms with Crippen LogP contribution in [0.4, 0.5) is 5.69 Å². The molecule has 0 aliphatic heterocycles. The molecule has 6 nitrogen and oxygen atoms in total. The summed E-state index contributed by atoms with van der Waals surface area (Å²) in [4.78, 5) is 21.2. The van der Waals surface area contributed by atoms with Crippen LogP contribution < -0.4 is 0 Å². The number of alkyl halides is 1. The summed E-state index contributed by atoms with van der Waals surface area (Å²) < 4.78 is 0. The molecular weight excluding hydrogens is 434 g/mol. The van der Waals surface area contributed by atoms with Crippen molar-refractivity contribution in [3.05, 3.63) is 120 Å². The first-order chi connectivity index (χ1) is 16.2. The van der Waals surface area contributed by atoms with Crippen molar-refractivity contribution in [3.63, 3.8) is 0 Å². The topological polar surface area (TPSA) is 87.0 Å². The molecule has 5 rings (SSSR count). The summed E-state index contributed by atoms with van der Waals surface area (Å²) in [5.41, 5.74) is 5.25. The zero-order valence-electron chi connectivity index (χ0n) is 17.6. The second-order valence-electron chi connectivity index (χ2n) is 7.47. The van der Waals surface area contributed by atoms with Gasteiger partial charge in [-0.05, 0) is 12.1 Å². The van der Waals surface area contributed by atoms with Crippen molar-refractivity contribution in [1.82, 2.24) is 19.9 Å². The number of halogens is 1. The number of aliphatic hydroxyl groups excluding tert-OH is 1. The molecule has 5 aromatic rings. The van der Waals surface area contributed by atoms with Crippen molar-refractivity contribution in [1.29, 1.82) is 0 Å². The number of rotatable bonds is 6. The van der Waals surface area contributed by atoms with E-state index in [1.807, 2.05) is 66.7 Å². The average molecular weight is 454 g/mol. The maximum Gasteiger partial charge on any atom is 0.164 e. The van der Waals surface area contributed by atoms with E-state index in [1.54, 1.807) is 24.7 Å². The van der Waals surface area contributed by atoms with Crippen LogP contribution in [0.15, 0.2) is 96.4 Å². The Morgan fingerprint density at radius 1 is 0.939 bits per heavy atom. The number of aliphatic imine (C=N–C) groups is 1. The summed E-state index contributed by atoms with van der Waals surface area (Å²) >= 11 is 6.07. The number of H-pyrrole nitrogens is 1. The zero-order chi connectivity index (χ0) is 22.6. The van der Waals surface area contributed by atoms with Gasteiger partial charge in [-0.15, -0.1) is 11.6 Å². The van der Waals surface area contributed by atoms with Crippen LogP contribution >= 0.6 is 11.6 Å². The number of aromatic amines is 1. The van der Waals surface area contributed by atoms with Crippen LogP contribution in [0, 0.1) is 0 Å². The number of hydrogen-bond acceptors (Lipinski definition) is 5. The molecule has 33 heavy (non-hydrogen) atoms. The molecule has 0 aliphatic carbocycles. The fourth-order valence-electron chi connectivity index (χ4n) is 3.67. The van der Waals surface area contributed by atoms with E-state index in [0.29, 0.717) is 22.6 Å². The lowest BCUT2D eigenvalue weighted by atomic mass is 10.0. The first-order valence-electron chi connectivity index (χ1n) is 10.5. The van der Waals surface area contributed by atoms with Gasteiger partial charge in [0.15, 0.2) is 5.82 Å². The van der Waals surface area contributed by atoms with Crippen LogP contribution in [0.25, 0.3) is 11.0 Å². The van der Waals surface area contributed by atoms with Gasteiger partial charge in [0.25, 0.3) is 0 Å². The normalized spacial score (nSPS) is 11.9. The number of pyridine rings is 1. The van der Waals surface area contributed by atoms with Crippen molar-refractivity contribution >= 4 is 34.0 Å². The third-order valence-electron chi connectivity index (χ3n) is 5.28. The van der Waals surface area contributed by atoms with Crippen molar-refractivity contribution in [2.24, 2.45) is 4.99 Å². The van der Waals surface area contributed by atoms with Crippen LogP contribution in [-0.2, 0) is 5.88 Å². The fraction of sp³-hybridized carbons (Fsp3) is 0.0769. The van der Waals surface area contributed by atoms with Crippen molar-refractivity contribution in [2.45, 2.75) is 12.0 Å². The van der Waals surface area contributed by atoms with E-state index < -0.39 is 6.10 Å². The highest BCUT2D eigenvalue weighted by molar-refractivity contribution is 6.17. The number of aromatic nitrogens is 4. The Kier molecular flexibility index (Phi) is 5.93. The monoisotopic (exact) mass is 453 g/mol. The van der Waals surface area contributed by atoms with E-state index in [-0.39, 0.29) is 11.7 Å². The molecule has 0 saturated heterocycles. The summed E-state index contributed by atoms with van der Waals surface area (Å²) in [6.45, 7) is 0. The highest BCUT2D eigenvalue weighted by Crippen LogP contribution is 2.26. The Hall–Kier alpha value is -3.87. The maximum absolute atomic E-state index is 11.0. The molecule has 1 unspecified atom stereocenters. The number of aliphatic hydroxyl groups is 1. The lowest BCUT2D eigenvalue weighted by Crippen LogP contribution is -2.08. The van der Waals surface area contributed by atoms with E-state index in [2.05, 4.69) is 19.9 Å². The first kappa shape index (κ1) is 21.0. The van der Waals surface area contributed by atoms with Crippen LogP contribution in [0.2, 0.25) is 0 Å². The van der Waals surface area contributed by atoms with Gasteiger partial charge in [-0.1, -0.05) is 60.7 Å². The number of nitrogens with one attached hydrogen (secondary N) is 1. The summed E-state index contributed by atoms with van der Waals surface area (Å²) in [6.07, 6.45) is 3.97. The molecule has 7 heteroatoms. The zero-order valence-corrected chi connectivity index (χ0v) is 18.3. The van der Waals surface area contributed by atoms with E-state index in [9.17, 15) is 5.11 Å². The minimum absolute atomic E-state index is 0.219. The highest BCUT2D eigenvalue weighted by atomic mass is 35.5. The summed E-state index contributed by atoms with van der Waals surface area (Å²) in [5.74, 6) is 0.478. The molecular formula is C26H20ClN5O. The van der Waals surface area contributed by atoms with Gasteiger partial charge in [-0.3, -0.25) is 4.98 Å². The molecule has 0 radical (unpaired) electrons. The molecule has 0 saturated carbocycles. The molecule has 2 aromatic carbocycles. The lowest BCUT2D eigenvalue weighted by molar-refractivity contribution is 0.209. The molecule has 0 bridgehead atoms. The first-order valence-corrected chi connectivity index (χ1v) is 11.0. The molecule has 0 fully saturated rings. The third-order valence-corrected chi connectivity index (χ3v) is 5.53. The third kappa shape index (κ3) is 4.39. The van der Waals surface area contributed by atoms with Gasteiger partial charge in [0.1, 0.15) is 11.8 Å². The summed E-state index contributed by atoms with van der Waals surface area (Å²) in [6, 6.07) is 23.6. The van der Waals surface area contributed by atoms with Gasteiger partial charge >= 0.3 is 0 Å². The largest absolute Gasteiger partial charge is 0.380 e.